The molecule has 16 nitrogen and oxygen atoms in total. The maximum Gasteiger partial charge on any atom is 0.408 e. The number of methoxy groups -OCH3 is 2. The van der Waals surface area contributed by atoms with Crippen molar-refractivity contribution in [2.45, 2.75) is 95.3 Å². The Bertz CT molecular complexity index is 5680. The number of amides is 3. The van der Waals surface area contributed by atoms with Crippen LogP contribution in [-0.2, 0) is 57.8 Å². The van der Waals surface area contributed by atoms with Gasteiger partial charge >= 0.3 is 6.09 Å². The van der Waals surface area contributed by atoms with Crippen molar-refractivity contribution >= 4 is 112 Å². The van der Waals surface area contributed by atoms with Gasteiger partial charge in [0.15, 0.2) is 0 Å². The van der Waals surface area contributed by atoms with Crippen molar-refractivity contribution in [1.82, 2.24) is 45.7 Å². The normalized spacial score (nSPS) is 16.5. The van der Waals surface area contributed by atoms with E-state index in [1.807, 2.05) is 168 Å². The van der Waals surface area contributed by atoms with E-state index in [1.165, 1.54) is 66.5 Å². The molecule has 10 aromatic carbocycles. The highest BCUT2D eigenvalue weighted by Crippen LogP contribution is 2.43. The summed E-state index contributed by atoms with van der Waals surface area (Å²) >= 11 is 22.3. The van der Waals surface area contributed by atoms with Crippen LogP contribution in [0, 0.1) is 0 Å². The first-order valence-corrected chi connectivity index (χ1v) is 40.1. The van der Waals surface area contributed by atoms with Crippen LogP contribution in [0.4, 0.5) is 4.79 Å². The van der Waals surface area contributed by atoms with E-state index in [1.54, 1.807) is 35.0 Å². The van der Waals surface area contributed by atoms with Crippen molar-refractivity contribution < 1.29 is 33.3 Å². The van der Waals surface area contributed by atoms with Crippen LogP contribution >= 0.6 is 50.7 Å². The van der Waals surface area contributed by atoms with Crippen molar-refractivity contribution in [3.63, 3.8) is 0 Å². The number of carbonyl (C=O) groups excluding carboxylic acids is 3. The molecule has 20 heteroatoms. The van der Waals surface area contributed by atoms with Crippen LogP contribution in [0.15, 0.2) is 247 Å². The molecule has 0 bridgehead atoms. The Morgan fingerprint density at radius 2 is 0.894 bits per heavy atom. The second kappa shape index (κ2) is 34.8. The highest BCUT2D eigenvalue weighted by Gasteiger charge is 2.40. The fourth-order valence-electron chi connectivity index (χ4n) is 16.2. The summed E-state index contributed by atoms with van der Waals surface area (Å²) in [5.74, 6) is 1.62. The first-order chi connectivity index (χ1) is 54.9. The summed E-state index contributed by atoms with van der Waals surface area (Å²) in [6, 6.07) is 80.0. The number of aromatic amines is 4. The van der Waals surface area contributed by atoms with Crippen molar-refractivity contribution in [2.24, 2.45) is 0 Å². The predicted molar refractivity (Wildman–Crippen MR) is 456 cm³/mol. The summed E-state index contributed by atoms with van der Waals surface area (Å²) in [5.41, 5.74) is 20.2. The lowest BCUT2D eigenvalue weighted by atomic mass is 9.91. The number of halogens is 4. The molecule has 4 unspecified atom stereocenters. The van der Waals surface area contributed by atoms with Gasteiger partial charge in [-0.2, -0.15) is 0 Å². The molecule has 0 spiro atoms. The molecule has 0 saturated heterocycles. The third kappa shape index (κ3) is 17.6. The van der Waals surface area contributed by atoms with Gasteiger partial charge < -0.3 is 64.6 Å². The number of hydrogen-bond acceptors (Lipinski definition) is 9. The third-order valence-electron chi connectivity index (χ3n) is 21.3. The number of ether oxygens (including phenoxy) is 4. The maximum atomic E-state index is 14.3. The number of hydrogen-bond donors (Lipinski definition) is 7. The van der Waals surface area contributed by atoms with E-state index in [9.17, 15) is 14.4 Å². The third-order valence-corrected chi connectivity index (χ3v) is 22.5. The van der Waals surface area contributed by atoms with Crippen molar-refractivity contribution in [3.05, 3.63) is 341 Å². The summed E-state index contributed by atoms with van der Waals surface area (Å²) in [4.78, 5) is 57.9. The van der Waals surface area contributed by atoms with E-state index < -0.39 is 17.7 Å². The molecule has 576 valence electrons. The Balaban J connectivity index is 0.000000121. The van der Waals surface area contributed by atoms with E-state index >= 15 is 0 Å². The second-order valence-electron chi connectivity index (χ2n) is 29.8. The minimum atomic E-state index is -0.793. The molecule has 4 aromatic heterocycles. The maximum absolute atomic E-state index is 14.3. The fourth-order valence-corrected chi connectivity index (χ4v) is 17.0. The summed E-state index contributed by atoms with van der Waals surface area (Å²) in [6.07, 6.45) is 3.28. The van der Waals surface area contributed by atoms with Gasteiger partial charge in [-0.05, 0) is 199 Å². The zero-order valence-corrected chi connectivity index (χ0v) is 67.4. The van der Waals surface area contributed by atoms with Gasteiger partial charge in [-0.1, -0.05) is 196 Å². The van der Waals surface area contributed by atoms with Gasteiger partial charge in [0.25, 0.3) is 0 Å². The number of alkyl carbamates (subject to hydrolysis) is 1. The molecule has 14 aromatic rings. The molecule has 7 N–H and O–H groups in total. The number of fused-ring (bicyclic) bond motifs is 12. The number of rotatable bonds is 14. The molecule has 4 aliphatic heterocycles. The van der Waals surface area contributed by atoms with Crippen molar-refractivity contribution in [3.8, 4) is 11.5 Å². The molecule has 0 saturated carbocycles. The first-order valence-electron chi connectivity index (χ1n) is 38.2. The van der Waals surface area contributed by atoms with Crippen molar-refractivity contribution in [1.29, 1.82) is 0 Å². The fraction of sp³-hybridized carbons (Fsp3) is 0.237. The summed E-state index contributed by atoms with van der Waals surface area (Å²) in [6.45, 7) is 9.20. The van der Waals surface area contributed by atoms with Gasteiger partial charge in [-0.25, -0.2) is 4.79 Å². The van der Waals surface area contributed by atoms with Gasteiger partial charge in [0, 0.05) is 126 Å². The van der Waals surface area contributed by atoms with Crippen LogP contribution in [0.2, 0.25) is 15.1 Å². The van der Waals surface area contributed by atoms with Gasteiger partial charge in [0.2, 0.25) is 11.8 Å². The van der Waals surface area contributed by atoms with Crippen LogP contribution < -0.4 is 25.4 Å². The lowest BCUT2D eigenvalue weighted by Gasteiger charge is -2.38. The molecule has 8 heterocycles. The van der Waals surface area contributed by atoms with E-state index in [0.29, 0.717) is 37.6 Å². The molecule has 3 amide bonds. The van der Waals surface area contributed by atoms with Crippen LogP contribution in [0.5, 0.6) is 11.5 Å². The zero-order valence-electron chi connectivity index (χ0n) is 63.5. The average molecular weight is 1630 g/mol. The summed E-state index contributed by atoms with van der Waals surface area (Å²) in [7, 11) is 3.25. The molecule has 4 aliphatic rings. The number of H-pyrrole nitrogens is 4. The van der Waals surface area contributed by atoms with E-state index in [0.717, 1.165) is 114 Å². The first kappa shape index (κ1) is 77.7. The largest absolute Gasteiger partial charge is 0.497 e. The van der Waals surface area contributed by atoms with Gasteiger partial charge in [-0.15, -0.1) is 0 Å². The Hall–Kier alpha value is -10.6. The van der Waals surface area contributed by atoms with Crippen LogP contribution in [-0.4, -0.2) is 106 Å². The standard InChI is InChI=1S/C31H32ClN3O3.C24H21ClN2O.C20H19BrN2O2.C18H17ClN2O/c1-31(2,3)38-30(37)34-26(18-20-10-6-4-7-11-20)29(36)35-17-16-23-24-19-22(32)14-15-25(24)33-27(23)28(35)21-12-8-5-9-13-21;25-18-8-11-22-21(14-18)20-12-13-26-23(24(20)27-22)17-6-9-19(10-7-17)28-15-16-4-2-1-3-5-16;1-25-12-18(24)23-10-9-15-16-11-14(21)7-8-17(16)22-19(15)20(23)13-5-3-2-4-6-13;1-22-13-5-2-11(3-6-13)17-18-14(8-9-20-17)15-10-12(19)4-7-16(15)21-18/h4-15,19,26,28,33H,16-18H2,1-3H3,(H,34,37);1-11,14,23,26-27H,12-13,15H2;2-8,11,20,22H,9-10,12H2,1H3;2-7,10,17,20-21H,8-9H2,1H3/t26-,28?;;;/m0.../s1. The zero-order chi connectivity index (χ0) is 78.3. The number of carbonyl (C=O) groups is 3. The highest BCUT2D eigenvalue weighted by atomic mass is 79.9. The van der Waals surface area contributed by atoms with Gasteiger partial charge in [0.1, 0.15) is 36.4 Å². The Kier molecular flexibility index (Phi) is 23.9. The SMILES string of the molecule is CC(C)(C)OC(=O)N[C@@H](Cc1ccccc1)C(=O)N1CCc2c([nH]c3ccc(Cl)cc23)C1c1ccccc1.COCC(=O)N1CCc2c([nH]c3ccc(Br)cc23)C1c1ccccc1.COc1ccc(C2NCCc3c2[nH]c2ccc(Cl)cc32)cc1.Clc1ccc2[nH]c3c(c2c1)CCNC3c1ccc(OCc2ccccc2)cc1. The molecule has 0 radical (unpaired) electrons. The number of benzene rings is 10. The monoisotopic (exact) mass is 1630 g/mol. The lowest BCUT2D eigenvalue weighted by Crippen LogP contribution is -2.53. The summed E-state index contributed by atoms with van der Waals surface area (Å²) < 4.78 is 22.9. The number of aromatic nitrogens is 4. The summed E-state index contributed by atoms with van der Waals surface area (Å²) in [5, 5.41) is 17.1. The predicted octanol–water partition coefficient (Wildman–Crippen LogP) is 20.2. The van der Waals surface area contributed by atoms with E-state index in [4.69, 9.17) is 53.8 Å². The van der Waals surface area contributed by atoms with Crippen molar-refractivity contribution in [2.75, 3.05) is 47.0 Å². The molecular formula is C93H89BrCl3N9O7. The second-order valence-corrected chi connectivity index (χ2v) is 32.0. The molecule has 0 aliphatic carbocycles. The molecule has 0 fully saturated rings. The molecule has 5 atom stereocenters. The van der Waals surface area contributed by atoms with Crippen LogP contribution in [0.25, 0.3) is 43.6 Å². The number of nitrogens with one attached hydrogen (secondary N) is 7. The Morgan fingerprint density at radius 3 is 1.36 bits per heavy atom. The molecular weight excluding hydrogens is 1540 g/mol. The quantitative estimate of drug-likeness (QED) is 0.0555. The number of nitrogens with zero attached hydrogens (tertiary/aromatic N) is 2. The molecule has 113 heavy (non-hydrogen) atoms. The van der Waals surface area contributed by atoms with Gasteiger partial charge in [0.05, 0.1) is 31.3 Å². The smallest absolute Gasteiger partial charge is 0.408 e. The lowest BCUT2D eigenvalue weighted by molar-refractivity contribution is -0.137. The minimum absolute atomic E-state index is 0.0156. The van der Waals surface area contributed by atoms with Gasteiger partial charge in [-0.3, -0.25) is 9.59 Å². The average Bonchev–Trinajstić information content (AvgIpc) is 1.64. The van der Waals surface area contributed by atoms with Crippen LogP contribution in [0.1, 0.15) is 123 Å². The minimum Gasteiger partial charge on any atom is -0.497 e. The van der Waals surface area contributed by atoms with E-state index in [2.05, 4.69) is 137 Å². The highest BCUT2D eigenvalue weighted by molar-refractivity contribution is 9.10. The Labute approximate surface area is 681 Å². The van der Waals surface area contributed by atoms with E-state index in [-0.39, 0.29) is 42.6 Å². The van der Waals surface area contributed by atoms with Crippen LogP contribution in [0.3, 0.4) is 0 Å². The molecule has 18 rings (SSSR count). The topological polar surface area (TPSA) is 194 Å². The Morgan fingerprint density at radius 1 is 0.478 bits per heavy atom.